The SMILES string of the molecule is Nn1c(SCNC(=O)C(F)(F)F)nc2ccccc2c1=O. The molecule has 0 aliphatic carbocycles. The lowest BCUT2D eigenvalue weighted by Gasteiger charge is -2.10. The number of fused-ring (bicyclic) bond motifs is 1. The first-order chi connectivity index (χ1) is 9.80. The Kier molecular flexibility index (Phi) is 4.07. The maximum Gasteiger partial charge on any atom is 0.471 e. The second kappa shape index (κ2) is 5.64. The fourth-order valence-electron chi connectivity index (χ4n) is 1.49. The molecule has 0 spiro atoms. The van der Waals surface area contributed by atoms with E-state index in [1.807, 2.05) is 0 Å². The number of thioether (sulfide) groups is 1. The molecule has 0 bridgehead atoms. The van der Waals surface area contributed by atoms with Gasteiger partial charge in [0.15, 0.2) is 5.16 Å². The summed E-state index contributed by atoms with van der Waals surface area (Å²) in [6.45, 7) is 0. The van der Waals surface area contributed by atoms with Gasteiger partial charge in [-0.15, -0.1) is 0 Å². The minimum Gasteiger partial charge on any atom is -0.339 e. The highest BCUT2D eigenvalue weighted by molar-refractivity contribution is 7.99. The van der Waals surface area contributed by atoms with Gasteiger partial charge in [0, 0.05) is 0 Å². The van der Waals surface area contributed by atoms with E-state index in [9.17, 15) is 22.8 Å². The van der Waals surface area contributed by atoms with E-state index in [1.54, 1.807) is 23.5 Å². The second-order valence-electron chi connectivity index (χ2n) is 3.88. The Bertz CT molecular complexity index is 744. The molecule has 0 aliphatic rings. The molecule has 6 nitrogen and oxygen atoms in total. The molecule has 10 heteroatoms. The van der Waals surface area contributed by atoms with Crippen LogP contribution in [0, 0.1) is 0 Å². The number of hydrogen-bond acceptors (Lipinski definition) is 5. The van der Waals surface area contributed by atoms with Crippen molar-refractivity contribution < 1.29 is 18.0 Å². The van der Waals surface area contributed by atoms with Crippen LogP contribution >= 0.6 is 11.8 Å². The first-order valence-electron chi connectivity index (χ1n) is 5.55. The fourth-order valence-corrected chi connectivity index (χ4v) is 2.21. The van der Waals surface area contributed by atoms with Crippen molar-refractivity contribution >= 4 is 28.6 Å². The van der Waals surface area contributed by atoms with Gasteiger partial charge in [-0.1, -0.05) is 23.9 Å². The number of carbonyl (C=O) groups excluding carboxylic acids is 1. The number of aromatic nitrogens is 2. The standard InChI is InChI=1S/C11H9F3N4O2S/c12-11(13,14)9(20)16-5-21-10-17-7-4-2-1-3-6(7)8(19)18(10)15/h1-4H,5,15H2,(H,16,20). The number of nitrogens with one attached hydrogen (secondary N) is 1. The van der Waals surface area contributed by atoms with Crippen LogP contribution in [0.15, 0.2) is 34.2 Å². The zero-order valence-electron chi connectivity index (χ0n) is 10.3. The molecule has 0 atom stereocenters. The van der Waals surface area contributed by atoms with Crippen LogP contribution in [0.4, 0.5) is 13.2 Å². The van der Waals surface area contributed by atoms with Crippen molar-refractivity contribution in [3.8, 4) is 0 Å². The lowest BCUT2D eigenvalue weighted by Crippen LogP contribution is -2.37. The highest BCUT2D eigenvalue weighted by Crippen LogP contribution is 2.17. The van der Waals surface area contributed by atoms with Gasteiger partial charge >= 0.3 is 12.1 Å². The highest BCUT2D eigenvalue weighted by atomic mass is 32.2. The van der Waals surface area contributed by atoms with E-state index in [0.717, 1.165) is 4.68 Å². The van der Waals surface area contributed by atoms with Gasteiger partial charge in [-0.25, -0.2) is 9.66 Å². The number of halogens is 3. The van der Waals surface area contributed by atoms with Gasteiger partial charge in [0.05, 0.1) is 16.8 Å². The summed E-state index contributed by atoms with van der Waals surface area (Å²) >= 11 is 0.715. The minimum atomic E-state index is -4.96. The smallest absolute Gasteiger partial charge is 0.339 e. The van der Waals surface area contributed by atoms with Crippen LogP contribution in [0.3, 0.4) is 0 Å². The number of para-hydroxylation sites is 1. The van der Waals surface area contributed by atoms with Gasteiger partial charge in [-0.05, 0) is 12.1 Å². The number of alkyl halides is 3. The molecule has 0 aliphatic heterocycles. The third-order valence-corrected chi connectivity index (χ3v) is 3.30. The van der Waals surface area contributed by atoms with Crippen molar-refractivity contribution in [2.75, 3.05) is 11.7 Å². The topological polar surface area (TPSA) is 90.0 Å². The monoisotopic (exact) mass is 318 g/mol. The van der Waals surface area contributed by atoms with Crippen LogP contribution in [-0.4, -0.2) is 27.6 Å². The summed E-state index contributed by atoms with van der Waals surface area (Å²) in [5, 5.41) is 1.95. The van der Waals surface area contributed by atoms with E-state index < -0.39 is 23.5 Å². The van der Waals surface area contributed by atoms with Gasteiger partial charge in [-0.3, -0.25) is 9.59 Å². The zero-order valence-corrected chi connectivity index (χ0v) is 11.2. The molecule has 0 saturated heterocycles. The Hall–Kier alpha value is -2.23. The van der Waals surface area contributed by atoms with Crippen LogP contribution in [0.1, 0.15) is 0 Å². The first-order valence-corrected chi connectivity index (χ1v) is 6.54. The van der Waals surface area contributed by atoms with Gasteiger partial charge in [0.25, 0.3) is 5.56 Å². The number of benzene rings is 1. The predicted molar refractivity (Wildman–Crippen MR) is 71.1 cm³/mol. The van der Waals surface area contributed by atoms with Crippen LogP contribution in [-0.2, 0) is 4.79 Å². The second-order valence-corrected chi connectivity index (χ2v) is 4.82. The molecule has 0 saturated carbocycles. The van der Waals surface area contributed by atoms with Crippen molar-refractivity contribution in [1.82, 2.24) is 15.0 Å². The number of nitrogens with two attached hydrogens (primary N) is 1. The molecule has 1 aromatic heterocycles. The number of nitrogens with zero attached hydrogens (tertiary/aromatic N) is 2. The Morgan fingerprint density at radius 3 is 2.71 bits per heavy atom. The Morgan fingerprint density at radius 2 is 2.05 bits per heavy atom. The van der Waals surface area contributed by atoms with Crippen LogP contribution in [0.5, 0.6) is 0 Å². The molecule has 2 aromatic rings. The predicted octanol–water partition coefficient (Wildman–Crippen LogP) is 0.838. The lowest BCUT2D eigenvalue weighted by atomic mass is 10.2. The lowest BCUT2D eigenvalue weighted by molar-refractivity contribution is -0.173. The van der Waals surface area contributed by atoms with Gasteiger partial charge in [-0.2, -0.15) is 13.2 Å². The Labute approximate surface area is 120 Å². The van der Waals surface area contributed by atoms with Crippen LogP contribution < -0.4 is 16.7 Å². The number of carbonyl (C=O) groups is 1. The van der Waals surface area contributed by atoms with Crippen LogP contribution in [0.25, 0.3) is 10.9 Å². The average Bonchev–Trinajstić information content (AvgIpc) is 2.43. The summed E-state index contributed by atoms with van der Waals surface area (Å²) in [5.41, 5.74) is -0.154. The normalized spacial score (nSPS) is 11.6. The average molecular weight is 318 g/mol. The maximum atomic E-state index is 12.0. The molecule has 0 unspecified atom stereocenters. The summed E-state index contributed by atoms with van der Waals surface area (Å²) in [4.78, 5) is 26.6. The molecule has 112 valence electrons. The van der Waals surface area contributed by atoms with Crippen molar-refractivity contribution in [3.05, 3.63) is 34.6 Å². The van der Waals surface area contributed by atoms with Crippen molar-refractivity contribution in [2.24, 2.45) is 0 Å². The third kappa shape index (κ3) is 3.27. The Balaban J connectivity index is 2.18. The molecule has 1 aromatic carbocycles. The van der Waals surface area contributed by atoms with Gasteiger partial charge in [0.2, 0.25) is 0 Å². The third-order valence-electron chi connectivity index (χ3n) is 2.47. The molecule has 0 fully saturated rings. The van der Waals surface area contributed by atoms with Crippen molar-refractivity contribution in [3.63, 3.8) is 0 Å². The molecule has 1 amide bonds. The van der Waals surface area contributed by atoms with E-state index >= 15 is 0 Å². The summed E-state index contributed by atoms with van der Waals surface area (Å²) in [7, 11) is 0. The van der Waals surface area contributed by atoms with Crippen molar-refractivity contribution in [1.29, 1.82) is 0 Å². The molecular formula is C11H9F3N4O2S. The number of nitrogen functional groups attached to an aromatic ring is 1. The molecule has 2 rings (SSSR count). The molecule has 3 N–H and O–H groups in total. The molecular weight excluding hydrogens is 309 g/mol. The molecule has 1 heterocycles. The number of amides is 1. The number of rotatable bonds is 3. The summed E-state index contributed by atoms with van der Waals surface area (Å²) in [5.74, 6) is 3.05. The Morgan fingerprint density at radius 1 is 1.38 bits per heavy atom. The van der Waals surface area contributed by atoms with E-state index in [-0.39, 0.29) is 5.16 Å². The van der Waals surface area contributed by atoms with Gasteiger partial charge in [0.1, 0.15) is 0 Å². The van der Waals surface area contributed by atoms with Crippen LogP contribution in [0.2, 0.25) is 0 Å². The fraction of sp³-hybridized carbons (Fsp3) is 0.182. The highest BCUT2D eigenvalue weighted by Gasteiger charge is 2.38. The van der Waals surface area contributed by atoms with E-state index in [2.05, 4.69) is 4.98 Å². The number of hydrogen-bond donors (Lipinski definition) is 2. The molecule has 0 radical (unpaired) electrons. The van der Waals surface area contributed by atoms with Crippen molar-refractivity contribution in [2.45, 2.75) is 11.3 Å². The summed E-state index contributed by atoms with van der Waals surface area (Å²) in [6.07, 6.45) is -4.96. The maximum absolute atomic E-state index is 12.0. The molecule has 21 heavy (non-hydrogen) atoms. The largest absolute Gasteiger partial charge is 0.471 e. The zero-order chi connectivity index (χ0) is 15.6. The summed E-state index contributed by atoms with van der Waals surface area (Å²) < 4.78 is 36.8. The van der Waals surface area contributed by atoms with E-state index in [4.69, 9.17) is 5.84 Å². The first kappa shape index (κ1) is 15.2. The summed E-state index contributed by atoms with van der Waals surface area (Å²) in [6, 6.07) is 6.42. The quantitative estimate of drug-likeness (QED) is 0.379. The van der Waals surface area contributed by atoms with E-state index in [0.29, 0.717) is 22.7 Å². The van der Waals surface area contributed by atoms with Gasteiger partial charge < -0.3 is 11.2 Å². The van der Waals surface area contributed by atoms with E-state index in [1.165, 1.54) is 6.07 Å². The minimum absolute atomic E-state index is 0.00109.